The van der Waals surface area contributed by atoms with Crippen molar-refractivity contribution in [3.63, 3.8) is 0 Å². The molecule has 2 unspecified atom stereocenters. The van der Waals surface area contributed by atoms with E-state index < -0.39 is 5.97 Å². The van der Waals surface area contributed by atoms with Crippen LogP contribution in [0.3, 0.4) is 0 Å². The van der Waals surface area contributed by atoms with Crippen molar-refractivity contribution in [3.05, 3.63) is 0 Å². The summed E-state index contributed by atoms with van der Waals surface area (Å²) in [7, 11) is 1.48. The number of hydrogen-bond donors (Lipinski definition) is 2. The molecule has 0 rings (SSSR count). The largest absolute Gasteiger partial charge is 0.481 e. The maximum Gasteiger partial charge on any atom is 0.303 e. The third-order valence-electron chi connectivity index (χ3n) is 1.44. The van der Waals surface area contributed by atoms with Crippen LogP contribution in [0.2, 0.25) is 0 Å². The van der Waals surface area contributed by atoms with Crippen molar-refractivity contribution in [2.75, 3.05) is 0 Å². The molecule has 2 atom stereocenters. The van der Waals surface area contributed by atoms with Gasteiger partial charge in [-0.05, 0) is 12.3 Å². The van der Waals surface area contributed by atoms with E-state index >= 15 is 0 Å². The molecule has 2 nitrogen and oxygen atoms in total. The molecule has 0 spiro atoms. The summed E-state index contributed by atoms with van der Waals surface area (Å²) in [6.45, 7) is 4.00. The molecule has 0 saturated carbocycles. The Kier molecular flexibility index (Phi) is 5.86. The van der Waals surface area contributed by atoms with Crippen molar-refractivity contribution in [2.24, 2.45) is 5.92 Å². The summed E-state index contributed by atoms with van der Waals surface area (Å²) in [6.07, 6.45) is 1.18. The molecular formula is C7H14O2S2. The van der Waals surface area contributed by atoms with Crippen LogP contribution < -0.4 is 0 Å². The summed E-state index contributed by atoms with van der Waals surface area (Å²) in [6, 6.07) is 0. The van der Waals surface area contributed by atoms with Crippen LogP contribution in [0.25, 0.3) is 0 Å². The van der Waals surface area contributed by atoms with Gasteiger partial charge in [0.2, 0.25) is 0 Å². The molecule has 1 N–H and O–H groups in total. The molecule has 0 saturated heterocycles. The molecule has 0 amide bonds. The highest BCUT2D eigenvalue weighted by Crippen LogP contribution is 2.22. The predicted octanol–water partition coefficient (Wildman–Crippen LogP) is 2.45. The Hall–Kier alpha value is 0.170. The molecule has 0 aromatic heterocycles. The highest BCUT2D eigenvalue weighted by molar-refractivity contribution is 8.68. The zero-order valence-corrected chi connectivity index (χ0v) is 8.49. The molecule has 0 heterocycles. The maximum atomic E-state index is 10.3. The normalized spacial score (nSPS) is 15.9. The SMILES string of the molecule is CC(CC(=O)O)CC(C)SS. The van der Waals surface area contributed by atoms with Gasteiger partial charge in [0.05, 0.1) is 0 Å². The topological polar surface area (TPSA) is 37.3 Å². The van der Waals surface area contributed by atoms with Crippen LogP contribution in [0.5, 0.6) is 0 Å². The minimum Gasteiger partial charge on any atom is -0.481 e. The van der Waals surface area contributed by atoms with Gasteiger partial charge in [-0.1, -0.05) is 24.6 Å². The molecule has 0 fully saturated rings. The van der Waals surface area contributed by atoms with Gasteiger partial charge in [0, 0.05) is 11.7 Å². The van der Waals surface area contributed by atoms with Crippen molar-refractivity contribution in [3.8, 4) is 0 Å². The lowest BCUT2D eigenvalue weighted by molar-refractivity contribution is -0.138. The molecule has 0 aliphatic heterocycles. The molecule has 0 aromatic rings. The third-order valence-corrected chi connectivity index (χ3v) is 3.07. The summed E-state index contributed by atoms with van der Waals surface area (Å²) in [4.78, 5) is 10.3. The van der Waals surface area contributed by atoms with Crippen molar-refractivity contribution in [1.82, 2.24) is 0 Å². The molecule has 0 aliphatic rings. The summed E-state index contributed by atoms with van der Waals surface area (Å²) >= 11 is 4.05. The smallest absolute Gasteiger partial charge is 0.303 e. The fraction of sp³-hybridized carbons (Fsp3) is 0.857. The van der Waals surface area contributed by atoms with Gasteiger partial charge in [-0.25, -0.2) is 0 Å². The van der Waals surface area contributed by atoms with E-state index in [2.05, 4.69) is 18.6 Å². The number of carbonyl (C=O) groups is 1. The fourth-order valence-corrected chi connectivity index (χ4v) is 1.66. The van der Waals surface area contributed by atoms with Gasteiger partial charge in [-0.15, -0.1) is 11.7 Å². The van der Waals surface area contributed by atoms with Crippen LogP contribution in [-0.2, 0) is 4.79 Å². The quantitative estimate of drug-likeness (QED) is 0.521. The zero-order chi connectivity index (χ0) is 8.85. The molecule has 0 radical (unpaired) electrons. The molecule has 11 heavy (non-hydrogen) atoms. The highest BCUT2D eigenvalue weighted by Gasteiger charge is 2.10. The predicted molar refractivity (Wildman–Crippen MR) is 52.1 cm³/mol. The summed E-state index contributed by atoms with van der Waals surface area (Å²) in [5.74, 6) is -0.462. The van der Waals surface area contributed by atoms with E-state index in [4.69, 9.17) is 5.11 Å². The van der Waals surface area contributed by atoms with E-state index in [1.54, 1.807) is 0 Å². The number of carboxylic acid groups (broad SMARTS) is 1. The van der Waals surface area contributed by atoms with Gasteiger partial charge in [0.1, 0.15) is 0 Å². The van der Waals surface area contributed by atoms with Gasteiger partial charge in [-0.2, -0.15) is 0 Å². The van der Waals surface area contributed by atoms with Crippen molar-refractivity contribution >= 4 is 28.4 Å². The second kappa shape index (κ2) is 5.77. The van der Waals surface area contributed by atoms with Crippen molar-refractivity contribution in [1.29, 1.82) is 0 Å². The summed E-state index contributed by atoms with van der Waals surface area (Å²) in [5, 5.41) is 8.88. The standard InChI is InChI=1S/C7H14O2S2/c1-5(4-7(8)9)3-6(2)11-10/h5-6,10H,3-4H2,1-2H3,(H,8,9). The molecule has 66 valence electrons. The monoisotopic (exact) mass is 194 g/mol. The second-order valence-corrected chi connectivity index (χ2v) is 4.50. The van der Waals surface area contributed by atoms with Crippen LogP contribution in [0, 0.1) is 5.92 Å². The van der Waals surface area contributed by atoms with Crippen molar-refractivity contribution < 1.29 is 9.90 Å². The Balaban J connectivity index is 3.51. The minimum atomic E-state index is -0.714. The second-order valence-electron chi connectivity index (χ2n) is 2.85. The Morgan fingerprint density at radius 1 is 1.64 bits per heavy atom. The molecule has 4 heteroatoms. The van der Waals surface area contributed by atoms with Crippen molar-refractivity contribution in [2.45, 2.75) is 31.9 Å². The Morgan fingerprint density at radius 3 is 2.55 bits per heavy atom. The number of thiol groups is 1. The third kappa shape index (κ3) is 6.56. The van der Waals surface area contributed by atoms with Gasteiger partial charge in [-0.3, -0.25) is 4.79 Å². The van der Waals surface area contributed by atoms with Crippen LogP contribution in [0.1, 0.15) is 26.7 Å². The highest BCUT2D eigenvalue weighted by atomic mass is 33.1. The molecule has 0 aliphatic carbocycles. The van der Waals surface area contributed by atoms with E-state index in [0.29, 0.717) is 5.25 Å². The number of hydrogen-bond acceptors (Lipinski definition) is 3. The van der Waals surface area contributed by atoms with E-state index in [0.717, 1.165) is 6.42 Å². The van der Waals surface area contributed by atoms with E-state index in [9.17, 15) is 4.79 Å². The van der Waals surface area contributed by atoms with Crippen LogP contribution in [0.15, 0.2) is 0 Å². The van der Waals surface area contributed by atoms with E-state index in [1.807, 2.05) is 6.92 Å². The first kappa shape index (κ1) is 11.2. The number of carboxylic acids is 1. The molecular weight excluding hydrogens is 180 g/mol. The lowest BCUT2D eigenvalue weighted by Crippen LogP contribution is -2.08. The maximum absolute atomic E-state index is 10.3. The Bertz CT molecular complexity index is 128. The number of aliphatic carboxylic acids is 1. The Labute approximate surface area is 76.6 Å². The van der Waals surface area contributed by atoms with Crippen LogP contribution >= 0.6 is 22.5 Å². The fourth-order valence-electron chi connectivity index (χ4n) is 0.991. The first-order chi connectivity index (χ1) is 5.06. The van der Waals surface area contributed by atoms with Crippen LogP contribution in [-0.4, -0.2) is 16.3 Å². The van der Waals surface area contributed by atoms with E-state index in [1.165, 1.54) is 10.8 Å². The first-order valence-electron chi connectivity index (χ1n) is 3.58. The molecule has 0 bridgehead atoms. The van der Waals surface area contributed by atoms with Gasteiger partial charge < -0.3 is 5.11 Å². The lowest BCUT2D eigenvalue weighted by Gasteiger charge is -2.12. The summed E-state index contributed by atoms with van der Waals surface area (Å²) in [5.41, 5.74) is 0. The minimum absolute atomic E-state index is 0.252. The number of rotatable bonds is 5. The molecule has 0 aromatic carbocycles. The Morgan fingerprint density at radius 2 is 2.18 bits per heavy atom. The van der Waals surface area contributed by atoms with Gasteiger partial charge >= 0.3 is 5.97 Å². The average Bonchev–Trinajstić information content (AvgIpc) is 1.85. The van der Waals surface area contributed by atoms with Crippen LogP contribution in [0.4, 0.5) is 0 Å². The van der Waals surface area contributed by atoms with Gasteiger partial charge in [0.15, 0.2) is 0 Å². The lowest BCUT2D eigenvalue weighted by atomic mass is 10.0. The van der Waals surface area contributed by atoms with Gasteiger partial charge in [0.25, 0.3) is 0 Å². The van der Waals surface area contributed by atoms with E-state index in [-0.39, 0.29) is 12.3 Å². The summed E-state index contributed by atoms with van der Waals surface area (Å²) < 4.78 is 0. The first-order valence-corrected chi connectivity index (χ1v) is 5.51. The average molecular weight is 194 g/mol. The zero-order valence-electron chi connectivity index (χ0n) is 6.78.